The highest BCUT2D eigenvalue weighted by molar-refractivity contribution is 4.99. The summed E-state index contributed by atoms with van der Waals surface area (Å²) >= 11 is 0. The van der Waals surface area contributed by atoms with E-state index in [4.69, 9.17) is 4.42 Å². The molecule has 2 aliphatic carbocycles. The zero-order valence-electron chi connectivity index (χ0n) is 11.6. The lowest BCUT2D eigenvalue weighted by molar-refractivity contribution is 0.0650. The molecule has 1 aromatic rings. The van der Waals surface area contributed by atoms with E-state index in [-0.39, 0.29) is 0 Å². The Bertz CT molecular complexity index is 408. The third-order valence-corrected chi connectivity index (χ3v) is 5.54. The fraction of sp³-hybridized carbons (Fsp3) is 0.750. The Morgan fingerprint density at radius 3 is 2.63 bits per heavy atom. The Morgan fingerprint density at radius 2 is 2.00 bits per heavy atom. The van der Waals surface area contributed by atoms with Crippen molar-refractivity contribution in [2.24, 2.45) is 11.8 Å². The fourth-order valence-electron chi connectivity index (χ4n) is 4.53. The van der Waals surface area contributed by atoms with Gasteiger partial charge in [0, 0.05) is 32.2 Å². The number of nitrogens with zero attached hydrogens (tertiary/aromatic N) is 2. The third-order valence-electron chi connectivity index (χ3n) is 5.54. The predicted octanol–water partition coefficient (Wildman–Crippen LogP) is 2.59. The van der Waals surface area contributed by atoms with Crippen LogP contribution in [-0.2, 0) is 6.54 Å². The van der Waals surface area contributed by atoms with E-state index in [1.165, 1.54) is 51.9 Å². The van der Waals surface area contributed by atoms with E-state index in [2.05, 4.69) is 15.9 Å². The lowest BCUT2D eigenvalue weighted by atomic mass is 9.93. The molecule has 19 heavy (non-hydrogen) atoms. The van der Waals surface area contributed by atoms with Crippen LogP contribution in [0.25, 0.3) is 0 Å². The molecule has 3 heteroatoms. The van der Waals surface area contributed by atoms with Crippen LogP contribution >= 0.6 is 0 Å². The van der Waals surface area contributed by atoms with Crippen molar-refractivity contribution in [1.82, 2.24) is 9.80 Å². The van der Waals surface area contributed by atoms with E-state index >= 15 is 0 Å². The summed E-state index contributed by atoms with van der Waals surface area (Å²) in [6, 6.07) is 4.99. The van der Waals surface area contributed by atoms with Crippen LogP contribution in [0, 0.1) is 11.8 Å². The van der Waals surface area contributed by atoms with Gasteiger partial charge >= 0.3 is 0 Å². The summed E-state index contributed by atoms with van der Waals surface area (Å²) < 4.78 is 5.45. The van der Waals surface area contributed by atoms with Crippen LogP contribution in [0.5, 0.6) is 0 Å². The standard InChI is InChI=1S/C16H24N2O/c1-2-15(19-9-1)12-17-5-7-18(8-6-17)16-11-13-3-4-14(16)10-13/h1-2,9,13-14,16H,3-8,10-12H2. The quantitative estimate of drug-likeness (QED) is 0.833. The first-order valence-electron chi connectivity index (χ1n) is 7.87. The Kier molecular flexibility index (Phi) is 3.12. The lowest BCUT2D eigenvalue weighted by Crippen LogP contribution is -2.51. The molecule has 1 aliphatic heterocycles. The van der Waals surface area contributed by atoms with Gasteiger partial charge in [0.05, 0.1) is 12.8 Å². The average molecular weight is 260 g/mol. The minimum absolute atomic E-state index is 0.921. The molecule has 2 heterocycles. The summed E-state index contributed by atoms with van der Waals surface area (Å²) in [6.07, 6.45) is 7.81. The third kappa shape index (κ3) is 2.34. The summed E-state index contributed by atoms with van der Waals surface area (Å²) in [5.74, 6) is 3.20. The van der Waals surface area contributed by atoms with Crippen LogP contribution in [-0.4, -0.2) is 42.0 Å². The van der Waals surface area contributed by atoms with E-state index in [9.17, 15) is 0 Å². The predicted molar refractivity (Wildman–Crippen MR) is 74.8 cm³/mol. The van der Waals surface area contributed by atoms with Crippen molar-refractivity contribution in [2.45, 2.75) is 38.3 Å². The minimum atomic E-state index is 0.921. The van der Waals surface area contributed by atoms with Gasteiger partial charge in [-0.15, -0.1) is 0 Å². The maximum atomic E-state index is 5.45. The van der Waals surface area contributed by atoms with E-state index in [0.717, 1.165) is 30.2 Å². The molecule has 3 atom stereocenters. The highest BCUT2D eigenvalue weighted by Gasteiger charge is 2.42. The first kappa shape index (κ1) is 12.0. The Morgan fingerprint density at radius 1 is 1.11 bits per heavy atom. The van der Waals surface area contributed by atoms with Gasteiger partial charge in [0.15, 0.2) is 0 Å². The maximum absolute atomic E-state index is 5.45. The Hall–Kier alpha value is -0.800. The fourth-order valence-corrected chi connectivity index (χ4v) is 4.53. The van der Waals surface area contributed by atoms with Crippen molar-refractivity contribution in [3.8, 4) is 0 Å². The molecule has 1 aromatic heterocycles. The second kappa shape index (κ2) is 4.95. The zero-order valence-corrected chi connectivity index (χ0v) is 11.6. The summed E-state index contributed by atoms with van der Waals surface area (Å²) in [7, 11) is 0. The molecule has 0 amide bonds. The van der Waals surface area contributed by atoms with E-state index in [1.54, 1.807) is 6.26 Å². The first-order valence-corrected chi connectivity index (χ1v) is 7.87. The van der Waals surface area contributed by atoms with Crippen LogP contribution < -0.4 is 0 Å². The summed E-state index contributed by atoms with van der Waals surface area (Å²) in [6.45, 7) is 5.91. The van der Waals surface area contributed by atoms with Crippen LogP contribution in [0.3, 0.4) is 0 Å². The molecule has 0 radical (unpaired) electrons. The molecule has 0 aromatic carbocycles. The molecule has 3 fully saturated rings. The van der Waals surface area contributed by atoms with Gasteiger partial charge in [0.2, 0.25) is 0 Å². The second-order valence-corrected chi connectivity index (χ2v) is 6.63. The van der Waals surface area contributed by atoms with Gasteiger partial charge in [-0.1, -0.05) is 6.42 Å². The largest absolute Gasteiger partial charge is 0.468 e. The summed E-state index contributed by atoms with van der Waals surface area (Å²) in [5.41, 5.74) is 0. The highest BCUT2D eigenvalue weighted by Crippen LogP contribution is 2.46. The number of rotatable bonds is 3. The zero-order chi connectivity index (χ0) is 12.7. The van der Waals surface area contributed by atoms with Crippen molar-refractivity contribution in [1.29, 1.82) is 0 Å². The molecule has 3 aliphatic rings. The van der Waals surface area contributed by atoms with Gasteiger partial charge in [-0.05, 0) is 43.2 Å². The maximum Gasteiger partial charge on any atom is 0.117 e. The number of hydrogen-bond donors (Lipinski definition) is 0. The molecule has 3 unspecified atom stereocenters. The molecule has 0 N–H and O–H groups in total. The SMILES string of the molecule is c1coc(CN2CCN(C3CC4CCC3C4)CC2)c1. The van der Waals surface area contributed by atoms with Crippen molar-refractivity contribution in [2.75, 3.05) is 26.2 Å². The summed E-state index contributed by atoms with van der Waals surface area (Å²) in [5, 5.41) is 0. The first-order chi connectivity index (χ1) is 9.38. The van der Waals surface area contributed by atoms with Gasteiger partial charge in [0.1, 0.15) is 5.76 Å². The molecule has 4 rings (SSSR count). The molecule has 2 bridgehead atoms. The van der Waals surface area contributed by atoms with Crippen molar-refractivity contribution in [3.05, 3.63) is 24.2 Å². The van der Waals surface area contributed by atoms with Crippen molar-refractivity contribution in [3.63, 3.8) is 0 Å². The van der Waals surface area contributed by atoms with Crippen LogP contribution in [0.15, 0.2) is 22.8 Å². The van der Waals surface area contributed by atoms with Crippen molar-refractivity contribution >= 4 is 0 Å². The van der Waals surface area contributed by atoms with Gasteiger partial charge < -0.3 is 4.42 Å². The second-order valence-electron chi connectivity index (χ2n) is 6.63. The van der Waals surface area contributed by atoms with E-state index in [0.29, 0.717) is 0 Å². The molecule has 1 saturated heterocycles. The smallest absolute Gasteiger partial charge is 0.117 e. The molecule has 3 nitrogen and oxygen atoms in total. The lowest BCUT2D eigenvalue weighted by Gasteiger charge is -2.40. The van der Waals surface area contributed by atoms with Gasteiger partial charge in [-0.3, -0.25) is 9.80 Å². The summed E-state index contributed by atoms with van der Waals surface area (Å²) in [4.78, 5) is 5.31. The minimum Gasteiger partial charge on any atom is -0.468 e. The Labute approximate surface area is 115 Å². The number of piperazine rings is 1. The molecule has 104 valence electrons. The Balaban J connectivity index is 1.30. The topological polar surface area (TPSA) is 19.6 Å². The van der Waals surface area contributed by atoms with Crippen LogP contribution in [0.4, 0.5) is 0 Å². The van der Waals surface area contributed by atoms with Gasteiger partial charge in [-0.25, -0.2) is 0 Å². The van der Waals surface area contributed by atoms with Crippen molar-refractivity contribution < 1.29 is 4.42 Å². The van der Waals surface area contributed by atoms with E-state index < -0.39 is 0 Å². The average Bonchev–Trinajstić information content (AvgIpc) is 3.16. The normalized spacial score (nSPS) is 36.1. The monoisotopic (exact) mass is 260 g/mol. The molecule has 0 spiro atoms. The molecular weight excluding hydrogens is 236 g/mol. The molecule has 2 saturated carbocycles. The van der Waals surface area contributed by atoms with E-state index in [1.807, 2.05) is 6.07 Å². The molecular formula is C16H24N2O. The van der Waals surface area contributed by atoms with Gasteiger partial charge in [0.25, 0.3) is 0 Å². The number of furan rings is 1. The van der Waals surface area contributed by atoms with Gasteiger partial charge in [-0.2, -0.15) is 0 Å². The highest BCUT2D eigenvalue weighted by atomic mass is 16.3. The number of fused-ring (bicyclic) bond motifs is 2. The van der Waals surface area contributed by atoms with Crippen LogP contribution in [0.1, 0.15) is 31.4 Å². The van der Waals surface area contributed by atoms with Crippen LogP contribution in [0.2, 0.25) is 0 Å². The number of hydrogen-bond acceptors (Lipinski definition) is 3.